The molecule has 2 amide bonds. The second-order valence-electron chi connectivity index (χ2n) is 4.33. The van der Waals surface area contributed by atoms with Crippen molar-refractivity contribution in [3.8, 4) is 6.07 Å². The Morgan fingerprint density at radius 2 is 2.21 bits per heavy atom. The molecule has 5 nitrogen and oxygen atoms in total. The van der Waals surface area contributed by atoms with E-state index in [4.69, 9.17) is 5.26 Å². The molecule has 6 heteroatoms. The van der Waals surface area contributed by atoms with Crippen LogP contribution in [0.5, 0.6) is 0 Å². The first kappa shape index (κ1) is 13.6. The van der Waals surface area contributed by atoms with Crippen LogP contribution in [0.1, 0.15) is 18.4 Å². The van der Waals surface area contributed by atoms with Crippen molar-refractivity contribution in [1.82, 2.24) is 4.90 Å². The second-order valence-corrected chi connectivity index (χ2v) is 5.24. The van der Waals surface area contributed by atoms with Crippen molar-refractivity contribution < 1.29 is 9.59 Å². The molecule has 0 spiro atoms. The van der Waals surface area contributed by atoms with E-state index in [2.05, 4.69) is 27.3 Å². The van der Waals surface area contributed by atoms with Gasteiger partial charge < -0.3 is 5.32 Å². The number of rotatable bonds is 2. The summed E-state index contributed by atoms with van der Waals surface area (Å²) >= 11 is 3.29. The zero-order chi connectivity index (χ0) is 14.0. The van der Waals surface area contributed by atoms with E-state index in [9.17, 15) is 9.59 Å². The van der Waals surface area contributed by atoms with Gasteiger partial charge in [0, 0.05) is 17.9 Å². The average molecular weight is 322 g/mol. The van der Waals surface area contributed by atoms with Crippen LogP contribution in [0, 0.1) is 11.3 Å². The lowest BCUT2D eigenvalue weighted by Crippen LogP contribution is -2.48. The Bertz CT molecular complexity index is 580. The molecule has 98 valence electrons. The number of likely N-dealkylation sites (tertiary alicyclic amines) is 1. The van der Waals surface area contributed by atoms with Gasteiger partial charge >= 0.3 is 0 Å². The number of benzene rings is 1. The summed E-state index contributed by atoms with van der Waals surface area (Å²) in [5.41, 5.74) is 1.06. The molecule has 19 heavy (non-hydrogen) atoms. The van der Waals surface area contributed by atoms with E-state index in [1.165, 1.54) is 7.05 Å². The molecule has 1 aliphatic rings. The molecular formula is C13H12BrN3O2. The van der Waals surface area contributed by atoms with Crippen LogP contribution in [0.2, 0.25) is 0 Å². The molecule has 1 heterocycles. The third-order valence-corrected chi connectivity index (χ3v) is 3.57. The third kappa shape index (κ3) is 2.76. The molecular weight excluding hydrogens is 310 g/mol. The summed E-state index contributed by atoms with van der Waals surface area (Å²) in [4.78, 5) is 24.5. The number of nitrogens with one attached hydrogen (secondary N) is 1. The molecule has 1 N–H and O–H groups in total. The lowest BCUT2D eigenvalue weighted by Gasteiger charge is -2.29. The fraction of sp³-hybridized carbons (Fsp3) is 0.308. The molecule has 1 fully saturated rings. The molecule has 1 saturated heterocycles. The van der Waals surface area contributed by atoms with Crippen LogP contribution in [0.4, 0.5) is 5.69 Å². The summed E-state index contributed by atoms with van der Waals surface area (Å²) in [6.07, 6.45) is 0.779. The minimum atomic E-state index is -0.462. The van der Waals surface area contributed by atoms with Gasteiger partial charge in [0.25, 0.3) is 5.91 Å². The zero-order valence-corrected chi connectivity index (χ0v) is 11.9. The first-order valence-corrected chi connectivity index (χ1v) is 6.59. The number of hydrogen-bond acceptors (Lipinski definition) is 4. The van der Waals surface area contributed by atoms with Crippen molar-refractivity contribution in [3.05, 3.63) is 28.2 Å². The summed E-state index contributed by atoms with van der Waals surface area (Å²) in [6.45, 7) is 0. The monoisotopic (exact) mass is 321 g/mol. The fourth-order valence-corrected chi connectivity index (χ4v) is 2.33. The summed E-state index contributed by atoms with van der Waals surface area (Å²) in [5, 5.41) is 12.1. The quantitative estimate of drug-likeness (QED) is 0.844. The van der Waals surface area contributed by atoms with Crippen LogP contribution in [0.3, 0.4) is 0 Å². The van der Waals surface area contributed by atoms with Crippen molar-refractivity contribution in [2.45, 2.75) is 18.9 Å². The molecule has 1 aliphatic heterocycles. The highest BCUT2D eigenvalue weighted by Crippen LogP contribution is 2.23. The Labute approximate surface area is 119 Å². The number of anilines is 1. The van der Waals surface area contributed by atoms with E-state index in [1.807, 2.05) is 0 Å². The Morgan fingerprint density at radius 3 is 2.89 bits per heavy atom. The Morgan fingerprint density at radius 1 is 1.47 bits per heavy atom. The Balaban J connectivity index is 2.20. The molecule has 0 saturated carbocycles. The van der Waals surface area contributed by atoms with E-state index >= 15 is 0 Å². The van der Waals surface area contributed by atoms with Gasteiger partial charge in [-0.1, -0.05) is 15.9 Å². The topological polar surface area (TPSA) is 73.2 Å². The normalized spacial score (nSPS) is 19.2. The lowest BCUT2D eigenvalue weighted by atomic mass is 10.0. The first-order chi connectivity index (χ1) is 9.02. The molecule has 1 aromatic rings. The van der Waals surface area contributed by atoms with Crippen molar-refractivity contribution in [2.75, 3.05) is 12.4 Å². The predicted octanol–water partition coefficient (Wildman–Crippen LogP) is 1.88. The SMILES string of the molecule is CN1C(=O)CCC(Nc2ccc(Br)cc2C#N)C1=O. The first-order valence-electron chi connectivity index (χ1n) is 5.79. The highest BCUT2D eigenvalue weighted by Gasteiger charge is 2.31. The maximum absolute atomic E-state index is 12.0. The van der Waals surface area contributed by atoms with Crippen LogP contribution < -0.4 is 5.32 Å². The molecule has 2 rings (SSSR count). The second kappa shape index (κ2) is 5.41. The van der Waals surface area contributed by atoms with Crippen LogP contribution in [-0.4, -0.2) is 29.8 Å². The predicted molar refractivity (Wildman–Crippen MR) is 73.3 cm³/mol. The van der Waals surface area contributed by atoms with Crippen LogP contribution in [-0.2, 0) is 9.59 Å². The number of halogens is 1. The van der Waals surface area contributed by atoms with E-state index < -0.39 is 6.04 Å². The summed E-state index contributed by atoms with van der Waals surface area (Å²) < 4.78 is 0.803. The van der Waals surface area contributed by atoms with Crippen molar-refractivity contribution in [3.63, 3.8) is 0 Å². The minimum absolute atomic E-state index is 0.167. The van der Waals surface area contributed by atoms with Crippen LogP contribution >= 0.6 is 15.9 Å². The van der Waals surface area contributed by atoms with Gasteiger partial charge in [-0.15, -0.1) is 0 Å². The smallest absolute Gasteiger partial charge is 0.251 e. The summed E-state index contributed by atoms with van der Waals surface area (Å²) in [5.74, 6) is -0.428. The maximum atomic E-state index is 12.0. The third-order valence-electron chi connectivity index (χ3n) is 3.08. The number of likely N-dealkylation sites (N-methyl/N-ethyl adjacent to an activating group) is 1. The highest BCUT2D eigenvalue weighted by molar-refractivity contribution is 9.10. The fourth-order valence-electron chi connectivity index (χ4n) is 1.97. The largest absolute Gasteiger partial charge is 0.373 e. The van der Waals surface area contributed by atoms with Gasteiger partial charge in [0.2, 0.25) is 5.91 Å². The van der Waals surface area contributed by atoms with Crippen molar-refractivity contribution in [1.29, 1.82) is 5.26 Å². The molecule has 0 aromatic heterocycles. The number of nitrogens with zero attached hydrogens (tertiary/aromatic N) is 2. The van der Waals surface area contributed by atoms with E-state index in [1.54, 1.807) is 18.2 Å². The Kier molecular flexibility index (Phi) is 3.86. The number of amides is 2. The van der Waals surface area contributed by atoms with Crippen molar-refractivity contribution in [2.24, 2.45) is 0 Å². The lowest BCUT2D eigenvalue weighted by molar-refractivity contribution is -0.146. The maximum Gasteiger partial charge on any atom is 0.251 e. The number of carbonyl (C=O) groups is 2. The van der Waals surface area contributed by atoms with Gasteiger partial charge in [-0.05, 0) is 24.6 Å². The summed E-state index contributed by atoms with van der Waals surface area (Å²) in [6, 6.07) is 6.84. The van der Waals surface area contributed by atoms with Gasteiger partial charge in [0.15, 0.2) is 0 Å². The molecule has 0 radical (unpaired) electrons. The van der Waals surface area contributed by atoms with Crippen molar-refractivity contribution >= 4 is 33.4 Å². The van der Waals surface area contributed by atoms with Crippen LogP contribution in [0.15, 0.2) is 22.7 Å². The van der Waals surface area contributed by atoms with E-state index in [-0.39, 0.29) is 11.8 Å². The van der Waals surface area contributed by atoms with E-state index in [0.717, 1.165) is 9.37 Å². The van der Waals surface area contributed by atoms with Crippen LogP contribution in [0.25, 0.3) is 0 Å². The Hall–Kier alpha value is -1.87. The summed E-state index contributed by atoms with van der Waals surface area (Å²) in [7, 11) is 1.48. The number of carbonyl (C=O) groups excluding carboxylic acids is 2. The van der Waals surface area contributed by atoms with Gasteiger partial charge in [0.05, 0.1) is 11.3 Å². The zero-order valence-electron chi connectivity index (χ0n) is 10.3. The molecule has 0 bridgehead atoms. The molecule has 1 aromatic carbocycles. The van der Waals surface area contributed by atoms with Gasteiger partial charge in [0.1, 0.15) is 12.1 Å². The average Bonchev–Trinajstić information content (AvgIpc) is 2.41. The molecule has 0 aliphatic carbocycles. The number of nitriles is 1. The number of piperidine rings is 1. The van der Waals surface area contributed by atoms with Gasteiger partial charge in [-0.3, -0.25) is 14.5 Å². The number of hydrogen-bond donors (Lipinski definition) is 1. The minimum Gasteiger partial charge on any atom is -0.373 e. The van der Waals surface area contributed by atoms with E-state index in [0.29, 0.717) is 24.1 Å². The van der Waals surface area contributed by atoms with Gasteiger partial charge in [-0.25, -0.2) is 0 Å². The number of imide groups is 1. The molecule has 1 unspecified atom stereocenters. The molecule has 1 atom stereocenters. The van der Waals surface area contributed by atoms with Gasteiger partial charge in [-0.2, -0.15) is 5.26 Å². The standard InChI is InChI=1S/C13H12BrN3O2/c1-17-12(18)5-4-11(13(17)19)16-10-3-2-9(14)6-8(10)7-15/h2-3,6,11,16H,4-5H2,1H3. The highest BCUT2D eigenvalue weighted by atomic mass is 79.9.